The van der Waals surface area contributed by atoms with E-state index in [4.69, 9.17) is 20.6 Å². The summed E-state index contributed by atoms with van der Waals surface area (Å²) in [5.41, 5.74) is -2.67. The Bertz CT molecular complexity index is 3300. The maximum absolute atomic E-state index is 9.50. The van der Waals surface area contributed by atoms with Gasteiger partial charge >= 0.3 is 0 Å². The van der Waals surface area contributed by atoms with Crippen molar-refractivity contribution in [3.05, 3.63) is 187 Å². The molecule has 1 aliphatic rings. The highest BCUT2D eigenvalue weighted by molar-refractivity contribution is 5.86. The summed E-state index contributed by atoms with van der Waals surface area (Å²) in [4.78, 5) is 0.985. The first-order valence-electron chi connectivity index (χ1n) is 26.9. The van der Waals surface area contributed by atoms with Gasteiger partial charge < -0.3 is 4.90 Å². The lowest BCUT2D eigenvalue weighted by molar-refractivity contribution is 0.299. The molecule has 1 heteroatoms. The summed E-state index contributed by atoms with van der Waals surface area (Å²) < 4.78 is 201. The highest BCUT2D eigenvalue weighted by atomic mass is 15.1. The number of benzene rings is 7. The molecule has 0 N–H and O–H groups in total. The molecule has 1 nitrogen and oxygen atoms in total. The molecule has 7 aromatic carbocycles. The second-order valence-electron chi connectivity index (χ2n) is 12.5. The van der Waals surface area contributed by atoms with Crippen LogP contribution >= 0.6 is 0 Å². The highest BCUT2D eigenvalue weighted by Crippen LogP contribution is 2.55. The van der Waals surface area contributed by atoms with E-state index in [0.717, 1.165) is 10.5 Å². The fourth-order valence-corrected chi connectivity index (χ4v) is 6.15. The van der Waals surface area contributed by atoms with Crippen molar-refractivity contribution < 1.29 is 31.5 Å². The molecule has 7 aromatic rings. The average molecular weight is 655 g/mol. The Morgan fingerprint density at radius 2 is 0.735 bits per heavy atom. The van der Waals surface area contributed by atoms with Gasteiger partial charge in [0, 0.05) is 17.1 Å². The van der Waals surface area contributed by atoms with Gasteiger partial charge in [-0.05, 0) is 109 Å². The Labute approximate surface area is 323 Å². The van der Waals surface area contributed by atoms with Gasteiger partial charge in [-0.2, -0.15) is 0 Å². The van der Waals surface area contributed by atoms with Crippen molar-refractivity contribution in [3.63, 3.8) is 0 Å². The first-order valence-corrected chi connectivity index (χ1v) is 15.4. The van der Waals surface area contributed by atoms with E-state index in [2.05, 4.69) is 0 Å². The fourth-order valence-electron chi connectivity index (χ4n) is 6.15. The molecule has 238 valence electrons. The summed E-state index contributed by atoms with van der Waals surface area (Å²) in [6.07, 6.45) is 0. The number of rotatable bonds is 6. The van der Waals surface area contributed by atoms with E-state index in [1.807, 2.05) is 27.7 Å². The zero-order chi connectivity index (χ0) is 53.6. The predicted octanol–water partition coefficient (Wildman–Crippen LogP) is 13.4. The molecular formula is C48H41N. The number of hydrogen-bond donors (Lipinski definition) is 0. The lowest BCUT2D eigenvalue weighted by Crippen LogP contribution is -2.43. The quantitative estimate of drug-likeness (QED) is 0.172. The molecule has 0 aliphatic heterocycles. The number of fused-ring (bicyclic) bond motifs is 3. The molecule has 0 heterocycles. The van der Waals surface area contributed by atoms with Crippen molar-refractivity contribution in [2.24, 2.45) is 0 Å². The fraction of sp³-hybridized carbons (Fsp3) is 0.125. The molecule has 0 radical (unpaired) electrons. The summed E-state index contributed by atoms with van der Waals surface area (Å²) in [6, 6.07) is -7.45. The third-order valence-corrected chi connectivity index (χ3v) is 9.44. The highest BCUT2D eigenvalue weighted by Gasteiger charge is 2.46. The summed E-state index contributed by atoms with van der Waals surface area (Å²) in [5, 5.41) is 0. The average Bonchev–Trinajstić information content (AvgIpc) is 3.34. The van der Waals surface area contributed by atoms with Crippen molar-refractivity contribution in [2.75, 3.05) is 4.90 Å². The Hall–Kier alpha value is -5.66. The van der Waals surface area contributed by atoms with E-state index >= 15 is 0 Å². The molecule has 0 saturated heterocycles. The Balaban J connectivity index is 1.46. The molecule has 0 amide bonds. The van der Waals surface area contributed by atoms with Gasteiger partial charge in [-0.15, -0.1) is 0 Å². The van der Waals surface area contributed by atoms with Crippen LogP contribution in [0.1, 0.15) is 70.3 Å². The van der Waals surface area contributed by atoms with Crippen LogP contribution in [0.5, 0.6) is 0 Å². The van der Waals surface area contributed by atoms with E-state index < -0.39 is 171 Å². The lowest BCUT2D eigenvalue weighted by Gasteiger charge is -2.48. The summed E-state index contributed by atoms with van der Waals surface area (Å²) >= 11 is 0. The topological polar surface area (TPSA) is 3.24 Å². The van der Waals surface area contributed by atoms with Crippen molar-refractivity contribution >= 4 is 17.1 Å². The van der Waals surface area contributed by atoms with E-state index in [-0.39, 0.29) is 23.3 Å². The van der Waals surface area contributed by atoms with Crippen LogP contribution in [0.4, 0.5) is 17.1 Å². The molecule has 0 unspecified atom stereocenters. The van der Waals surface area contributed by atoms with Crippen molar-refractivity contribution in [2.45, 2.75) is 38.5 Å². The minimum absolute atomic E-state index is 0.00390. The van der Waals surface area contributed by atoms with Crippen LogP contribution in [-0.4, -0.2) is 0 Å². The third-order valence-electron chi connectivity index (χ3n) is 9.44. The number of anilines is 3. The summed E-state index contributed by atoms with van der Waals surface area (Å²) in [7, 11) is 0. The van der Waals surface area contributed by atoms with Crippen LogP contribution in [0.2, 0.25) is 0 Å². The third kappa shape index (κ3) is 5.36. The molecule has 0 fully saturated rings. The molecular weight excluding hydrogens is 591 g/mol. The largest absolute Gasteiger partial charge is 0.310 e. The van der Waals surface area contributed by atoms with Gasteiger partial charge in [-0.1, -0.05) is 161 Å². The van der Waals surface area contributed by atoms with Crippen molar-refractivity contribution in [1.82, 2.24) is 0 Å². The Morgan fingerprint density at radius 1 is 0.367 bits per heavy atom. The van der Waals surface area contributed by atoms with Crippen LogP contribution in [-0.2, 0) is 10.8 Å². The van der Waals surface area contributed by atoms with Gasteiger partial charge in [0.05, 0.1) is 31.5 Å². The van der Waals surface area contributed by atoms with Gasteiger partial charge in [0.15, 0.2) is 0 Å². The van der Waals surface area contributed by atoms with E-state index in [1.54, 1.807) is 30.3 Å². The normalized spacial score (nSPS) is 20.6. The molecule has 0 bridgehead atoms. The molecule has 0 saturated carbocycles. The van der Waals surface area contributed by atoms with Crippen molar-refractivity contribution in [1.29, 1.82) is 0 Å². The SMILES string of the molecule is [2H]c1c([2H])c([2H])c(-c2ccc3c(c2)C(C)(C)C(C)(C)c2cc(N(c4c([2H])c([2H])c(-c5c([2H])c([2H])c([2H])c([2H])c5[2H])c([2H])c4[2H])c4c([2H])c([2H])c(-c5c([2H])c([2H])c([2H])c([2H])c5[2H])c([2H])c4[2H])ccc2-3)c([2H])c1[2H]. The van der Waals surface area contributed by atoms with Crippen LogP contribution in [0.15, 0.2) is 175 Å². The van der Waals surface area contributed by atoms with Gasteiger partial charge in [-0.25, -0.2) is 0 Å². The second-order valence-corrected chi connectivity index (χ2v) is 12.5. The van der Waals surface area contributed by atoms with Gasteiger partial charge in [0.1, 0.15) is 0 Å². The molecule has 49 heavy (non-hydrogen) atoms. The first kappa shape index (κ1) is 14.4. The zero-order valence-corrected chi connectivity index (χ0v) is 26.9. The summed E-state index contributed by atoms with van der Waals surface area (Å²) in [5.74, 6) is 0. The lowest BCUT2D eigenvalue weighted by atomic mass is 9.55. The van der Waals surface area contributed by atoms with E-state index in [9.17, 15) is 11.0 Å². The zero-order valence-electron chi connectivity index (χ0n) is 49.9. The summed E-state index contributed by atoms with van der Waals surface area (Å²) in [6.45, 7) is 7.70. The number of nitrogens with zero attached hydrogens (tertiary/aromatic N) is 1. The minimum Gasteiger partial charge on any atom is -0.310 e. The second kappa shape index (κ2) is 12.1. The smallest absolute Gasteiger partial charge is 0.0645 e. The van der Waals surface area contributed by atoms with Gasteiger partial charge in [0.25, 0.3) is 0 Å². The van der Waals surface area contributed by atoms with Crippen LogP contribution in [0, 0.1) is 0 Å². The van der Waals surface area contributed by atoms with Gasteiger partial charge in [-0.3, -0.25) is 0 Å². The minimum atomic E-state index is -0.922. The van der Waals surface area contributed by atoms with E-state index in [0.29, 0.717) is 22.3 Å². The Kier molecular flexibility index (Phi) is 3.57. The molecule has 0 aromatic heterocycles. The van der Waals surface area contributed by atoms with Crippen LogP contribution < -0.4 is 4.90 Å². The molecule has 8 rings (SSSR count). The monoisotopic (exact) mass is 654 g/mol. The Morgan fingerprint density at radius 3 is 1.18 bits per heavy atom. The maximum atomic E-state index is 9.50. The van der Waals surface area contributed by atoms with Crippen LogP contribution in [0.3, 0.4) is 0 Å². The molecule has 0 atom stereocenters. The van der Waals surface area contributed by atoms with Crippen LogP contribution in [0.25, 0.3) is 44.5 Å². The standard InChI is InChI=1S/C48H41N/c1-47(2)45-32-39(36-18-12-7-13-19-36)24-30-43(45)44-31-29-42(33-46(44)48(47,3)4)49(40-25-20-37(21-26-40)34-14-8-5-9-15-34)41-27-22-38(23-28-41)35-16-10-6-11-17-35/h5-33H,1-4H3/i5D,6D,7D,8D,9D,10D,11D,12D,13D,14D,15D,16D,17D,18D,19D,20D,21D,22D,23D,25D,26D,27D,28D. The predicted molar refractivity (Wildman–Crippen MR) is 209 cm³/mol. The molecule has 0 spiro atoms. The first-order chi connectivity index (χ1) is 33.4. The maximum Gasteiger partial charge on any atom is 0.0645 e. The number of hydrogen-bond acceptors (Lipinski definition) is 1. The van der Waals surface area contributed by atoms with Crippen molar-refractivity contribution in [3.8, 4) is 44.5 Å². The van der Waals surface area contributed by atoms with Gasteiger partial charge in [0.2, 0.25) is 0 Å². The molecule has 1 aliphatic carbocycles. The van der Waals surface area contributed by atoms with E-state index in [1.165, 1.54) is 6.07 Å².